The first kappa shape index (κ1) is 14.3. The Kier molecular flexibility index (Phi) is 4.25. The maximum Gasteiger partial charge on any atom is 0.161 e. The molecule has 0 aliphatic heterocycles. The fraction of sp³-hybridized carbons (Fsp3) is 0.133. The first-order valence-corrected chi connectivity index (χ1v) is 6.15. The molecule has 0 N–H and O–H groups in total. The van der Waals surface area contributed by atoms with E-state index in [0.717, 1.165) is 0 Å². The second-order valence-electron chi connectivity index (χ2n) is 4.04. The van der Waals surface area contributed by atoms with Gasteiger partial charge in [0.15, 0.2) is 17.8 Å². The van der Waals surface area contributed by atoms with Crippen molar-refractivity contribution >= 4 is 17.9 Å². The van der Waals surface area contributed by atoms with Gasteiger partial charge in [-0.1, -0.05) is 11.6 Å². The van der Waals surface area contributed by atoms with Crippen LogP contribution in [0.2, 0.25) is 5.02 Å². The molecule has 0 spiro atoms. The normalized spacial score (nSPS) is 10.2. The van der Waals surface area contributed by atoms with Gasteiger partial charge in [-0.3, -0.25) is 4.79 Å². The van der Waals surface area contributed by atoms with Crippen LogP contribution in [-0.4, -0.2) is 20.5 Å². The fourth-order valence-corrected chi connectivity index (χ4v) is 2.20. The molecule has 2 aromatic rings. The van der Waals surface area contributed by atoms with Crippen LogP contribution in [0.4, 0.5) is 4.39 Å². The quantitative estimate of drug-likeness (QED) is 0.800. The molecule has 104 valence electrons. The number of benzene rings is 2. The number of rotatable bonds is 4. The summed E-state index contributed by atoms with van der Waals surface area (Å²) >= 11 is 6.03. The number of methoxy groups -OCH3 is 2. The van der Waals surface area contributed by atoms with Crippen LogP contribution in [0.1, 0.15) is 10.4 Å². The molecule has 0 heterocycles. The highest BCUT2D eigenvalue weighted by atomic mass is 35.5. The van der Waals surface area contributed by atoms with Crippen molar-refractivity contribution in [3.05, 3.63) is 46.7 Å². The molecule has 0 saturated carbocycles. The van der Waals surface area contributed by atoms with Crippen LogP contribution < -0.4 is 9.47 Å². The SMILES string of the molecule is COc1cc(C=O)c(-c2ccc(F)cc2Cl)cc1OC. The molecule has 2 rings (SSSR count). The fourth-order valence-electron chi connectivity index (χ4n) is 1.93. The molecule has 0 atom stereocenters. The van der Waals surface area contributed by atoms with Crippen molar-refractivity contribution in [1.29, 1.82) is 0 Å². The summed E-state index contributed by atoms with van der Waals surface area (Å²) in [5.74, 6) is 0.469. The lowest BCUT2D eigenvalue weighted by molar-refractivity contribution is 0.112. The zero-order valence-electron chi connectivity index (χ0n) is 10.9. The Morgan fingerprint density at radius 1 is 1.05 bits per heavy atom. The van der Waals surface area contributed by atoms with Crippen LogP contribution in [0.25, 0.3) is 11.1 Å². The number of hydrogen-bond acceptors (Lipinski definition) is 3. The average Bonchev–Trinajstić information content (AvgIpc) is 2.46. The summed E-state index contributed by atoms with van der Waals surface area (Å²) in [4.78, 5) is 11.2. The minimum atomic E-state index is -0.438. The number of carbonyl (C=O) groups is 1. The molecule has 0 saturated heterocycles. The standard InChI is InChI=1S/C15H12ClFO3/c1-19-14-5-9(8-18)12(7-15(14)20-2)11-4-3-10(17)6-13(11)16/h3-8H,1-2H3. The Hall–Kier alpha value is -2.07. The van der Waals surface area contributed by atoms with E-state index in [-0.39, 0.29) is 5.02 Å². The molecule has 0 unspecified atom stereocenters. The zero-order valence-corrected chi connectivity index (χ0v) is 11.7. The maximum atomic E-state index is 13.1. The van der Waals surface area contributed by atoms with E-state index in [2.05, 4.69) is 0 Å². The molecule has 0 aromatic heterocycles. The third kappa shape index (κ3) is 2.60. The minimum Gasteiger partial charge on any atom is -0.493 e. The molecular formula is C15H12ClFO3. The molecule has 3 nitrogen and oxygen atoms in total. The predicted octanol–water partition coefficient (Wildman–Crippen LogP) is 3.98. The highest BCUT2D eigenvalue weighted by molar-refractivity contribution is 6.33. The average molecular weight is 295 g/mol. The van der Waals surface area contributed by atoms with E-state index >= 15 is 0 Å². The lowest BCUT2D eigenvalue weighted by Crippen LogP contribution is -1.96. The summed E-state index contributed by atoms with van der Waals surface area (Å²) in [6.45, 7) is 0. The summed E-state index contributed by atoms with van der Waals surface area (Å²) < 4.78 is 23.5. The van der Waals surface area contributed by atoms with Crippen LogP contribution in [0, 0.1) is 5.82 Å². The summed E-state index contributed by atoms with van der Waals surface area (Å²) in [6, 6.07) is 7.20. The second-order valence-corrected chi connectivity index (χ2v) is 4.44. The molecule has 0 amide bonds. The van der Waals surface area contributed by atoms with Gasteiger partial charge in [0, 0.05) is 11.1 Å². The van der Waals surface area contributed by atoms with Gasteiger partial charge < -0.3 is 9.47 Å². The first-order valence-electron chi connectivity index (χ1n) is 5.77. The molecule has 0 aliphatic carbocycles. The second kappa shape index (κ2) is 5.92. The van der Waals surface area contributed by atoms with Crippen LogP contribution in [0.3, 0.4) is 0 Å². The van der Waals surface area contributed by atoms with Gasteiger partial charge in [-0.05, 0) is 35.9 Å². The Bertz CT molecular complexity index is 656. The molecular weight excluding hydrogens is 283 g/mol. The maximum absolute atomic E-state index is 13.1. The van der Waals surface area contributed by atoms with E-state index in [0.29, 0.717) is 34.5 Å². The van der Waals surface area contributed by atoms with Gasteiger partial charge in [-0.25, -0.2) is 4.39 Å². The molecule has 0 bridgehead atoms. The van der Waals surface area contributed by atoms with Gasteiger partial charge in [-0.2, -0.15) is 0 Å². The van der Waals surface area contributed by atoms with Gasteiger partial charge in [0.1, 0.15) is 5.82 Å². The number of carbonyl (C=O) groups excluding carboxylic acids is 1. The number of ether oxygens (including phenoxy) is 2. The van der Waals surface area contributed by atoms with Crippen LogP contribution in [0.5, 0.6) is 11.5 Å². The molecule has 2 aromatic carbocycles. The highest BCUT2D eigenvalue weighted by Crippen LogP contribution is 2.37. The van der Waals surface area contributed by atoms with Crippen LogP contribution >= 0.6 is 11.6 Å². The van der Waals surface area contributed by atoms with Gasteiger partial charge in [0.25, 0.3) is 0 Å². The Morgan fingerprint density at radius 3 is 2.25 bits per heavy atom. The lowest BCUT2D eigenvalue weighted by atomic mass is 9.99. The first-order chi connectivity index (χ1) is 9.60. The summed E-state index contributed by atoms with van der Waals surface area (Å²) in [5, 5.41) is 0.223. The monoisotopic (exact) mass is 294 g/mol. The van der Waals surface area contributed by atoms with E-state index in [4.69, 9.17) is 21.1 Å². The number of aldehydes is 1. The Morgan fingerprint density at radius 2 is 1.70 bits per heavy atom. The van der Waals surface area contributed by atoms with Gasteiger partial charge in [-0.15, -0.1) is 0 Å². The van der Waals surface area contributed by atoms with Crippen LogP contribution in [0.15, 0.2) is 30.3 Å². The van der Waals surface area contributed by atoms with Crippen molar-refractivity contribution in [2.24, 2.45) is 0 Å². The third-order valence-electron chi connectivity index (χ3n) is 2.90. The topological polar surface area (TPSA) is 35.5 Å². The largest absolute Gasteiger partial charge is 0.493 e. The van der Waals surface area contributed by atoms with E-state index < -0.39 is 5.82 Å². The van der Waals surface area contributed by atoms with Crippen molar-refractivity contribution in [1.82, 2.24) is 0 Å². The highest BCUT2D eigenvalue weighted by Gasteiger charge is 2.14. The Labute approximate surface area is 120 Å². The van der Waals surface area contributed by atoms with Crippen molar-refractivity contribution in [3.8, 4) is 22.6 Å². The van der Waals surface area contributed by atoms with E-state index in [1.54, 1.807) is 12.1 Å². The minimum absolute atomic E-state index is 0.223. The number of halogens is 2. The molecule has 0 aliphatic rings. The Balaban J connectivity index is 2.68. The number of hydrogen-bond donors (Lipinski definition) is 0. The zero-order chi connectivity index (χ0) is 14.7. The van der Waals surface area contributed by atoms with Gasteiger partial charge in [0.2, 0.25) is 0 Å². The molecule has 0 radical (unpaired) electrons. The molecule has 20 heavy (non-hydrogen) atoms. The van der Waals surface area contributed by atoms with E-state index in [1.165, 1.54) is 32.4 Å². The smallest absolute Gasteiger partial charge is 0.161 e. The summed E-state index contributed by atoms with van der Waals surface area (Å²) in [7, 11) is 2.98. The molecule has 5 heteroatoms. The summed E-state index contributed by atoms with van der Waals surface area (Å²) in [6.07, 6.45) is 0.691. The van der Waals surface area contributed by atoms with Crippen LogP contribution in [-0.2, 0) is 0 Å². The van der Waals surface area contributed by atoms with E-state index in [1.807, 2.05) is 0 Å². The van der Waals surface area contributed by atoms with Crippen molar-refractivity contribution in [2.75, 3.05) is 14.2 Å². The predicted molar refractivity (Wildman–Crippen MR) is 75.3 cm³/mol. The molecule has 0 fully saturated rings. The van der Waals surface area contributed by atoms with Crippen molar-refractivity contribution in [2.45, 2.75) is 0 Å². The lowest BCUT2D eigenvalue weighted by Gasteiger charge is -2.13. The van der Waals surface area contributed by atoms with Crippen molar-refractivity contribution < 1.29 is 18.7 Å². The van der Waals surface area contributed by atoms with Gasteiger partial charge in [0.05, 0.1) is 19.2 Å². The van der Waals surface area contributed by atoms with Gasteiger partial charge >= 0.3 is 0 Å². The van der Waals surface area contributed by atoms with E-state index in [9.17, 15) is 9.18 Å². The van der Waals surface area contributed by atoms with Crippen molar-refractivity contribution in [3.63, 3.8) is 0 Å². The summed E-state index contributed by atoms with van der Waals surface area (Å²) in [5.41, 5.74) is 1.50. The third-order valence-corrected chi connectivity index (χ3v) is 3.22.